The molecular formula is C21H26F2N2O2. The molecule has 4 nitrogen and oxygen atoms in total. The van der Waals surface area contributed by atoms with Crippen LogP contribution < -0.4 is 5.32 Å². The molecule has 27 heavy (non-hydrogen) atoms. The van der Waals surface area contributed by atoms with Gasteiger partial charge >= 0.3 is 6.03 Å². The number of halogens is 2. The van der Waals surface area contributed by atoms with Crippen LogP contribution in [0.15, 0.2) is 30.3 Å². The molecular weight excluding hydrogens is 350 g/mol. The number of hydrogen-bond acceptors (Lipinski definition) is 2. The molecule has 0 radical (unpaired) electrons. The van der Waals surface area contributed by atoms with Crippen LogP contribution in [0.1, 0.15) is 37.7 Å². The van der Waals surface area contributed by atoms with Crippen molar-refractivity contribution in [3.8, 4) is 0 Å². The molecule has 1 aliphatic heterocycles. The predicted molar refractivity (Wildman–Crippen MR) is 96.8 cm³/mol. The van der Waals surface area contributed by atoms with Crippen LogP contribution in [0.3, 0.4) is 0 Å². The quantitative estimate of drug-likeness (QED) is 0.876. The predicted octanol–water partition coefficient (Wildman–Crippen LogP) is 3.56. The average Bonchev–Trinajstić information content (AvgIpc) is 3.13. The van der Waals surface area contributed by atoms with E-state index in [1.165, 1.54) is 6.42 Å². The van der Waals surface area contributed by atoms with Crippen molar-refractivity contribution >= 4 is 6.03 Å². The van der Waals surface area contributed by atoms with Crippen molar-refractivity contribution in [3.05, 3.63) is 35.9 Å². The summed E-state index contributed by atoms with van der Waals surface area (Å²) in [5.41, 5.74) is -0.301. The van der Waals surface area contributed by atoms with Crippen molar-refractivity contribution in [2.45, 2.75) is 55.6 Å². The second-order valence-corrected chi connectivity index (χ2v) is 8.76. The number of hydrogen-bond donors (Lipinski definition) is 1. The molecule has 5 rings (SSSR count). The number of nitrogens with zero attached hydrogens (tertiary/aromatic N) is 1. The molecule has 4 unspecified atom stereocenters. The number of amides is 2. The maximum atomic E-state index is 14.7. The molecule has 3 saturated carbocycles. The number of alkyl halides is 2. The third-order valence-electron chi connectivity index (χ3n) is 7.95. The van der Waals surface area contributed by atoms with E-state index in [4.69, 9.17) is 4.74 Å². The fraction of sp³-hybridized carbons (Fsp3) is 0.667. The third kappa shape index (κ3) is 2.13. The summed E-state index contributed by atoms with van der Waals surface area (Å²) < 4.78 is 35.0. The summed E-state index contributed by atoms with van der Waals surface area (Å²) in [6.07, 6.45) is 4.69. The Bertz CT molecular complexity index is 752. The van der Waals surface area contributed by atoms with Gasteiger partial charge < -0.3 is 15.0 Å². The number of methoxy groups -OCH3 is 1. The summed E-state index contributed by atoms with van der Waals surface area (Å²) in [5, 5.41) is 3.12. The first-order valence-electron chi connectivity index (χ1n) is 9.97. The van der Waals surface area contributed by atoms with Crippen molar-refractivity contribution < 1.29 is 18.3 Å². The van der Waals surface area contributed by atoms with Gasteiger partial charge in [-0.15, -0.1) is 0 Å². The van der Waals surface area contributed by atoms with Gasteiger partial charge in [-0.05, 0) is 31.2 Å². The van der Waals surface area contributed by atoms with Crippen LogP contribution in [0, 0.1) is 11.3 Å². The van der Waals surface area contributed by atoms with Crippen LogP contribution in [0.4, 0.5) is 13.6 Å². The Kier molecular flexibility index (Phi) is 3.65. The van der Waals surface area contributed by atoms with Crippen LogP contribution in [-0.4, -0.2) is 49.2 Å². The Morgan fingerprint density at radius 2 is 1.96 bits per heavy atom. The highest BCUT2D eigenvalue weighted by atomic mass is 19.3. The van der Waals surface area contributed by atoms with Crippen molar-refractivity contribution in [1.29, 1.82) is 0 Å². The van der Waals surface area contributed by atoms with E-state index in [2.05, 4.69) is 5.32 Å². The topological polar surface area (TPSA) is 41.6 Å². The van der Waals surface area contributed by atoms with E-state index < -0.39 is 17.3 Å². The summed E-state index contributed by atoms with van der Waals surface area (Å²) in [6, 6.07) is 8.99. The third-order valence-corrected chi connectivity index (χ3v) is 7.95. The summed E-state index contributed by atoms with van der Waals surface area (Å²) in [6.45, 7) is 0.501. The lowest BCUT2D eigenvalue weighted by Crippen LogP contribution is -2.68. The molecule has 6 heteroatoms. The molecule has 4 fully saturated rings. The molecule has 1 aromatic rings. The smallest absolute Gasteiger partial charge is 0.317 e. The Labute approximate surface area is 158 Å². The number of ether oxygens (including phenoxy) is 1. The minimum atomic E-state index is -2.74. The Hall–Kier alpha value is -1.69. The lowest BCUT2D eigenvalue weighted by Gasteiger charge is -2.60. The zero-order chi connectivity index (χ0) is 18.9. The van der Waals surface area contributed by atoms with Crippen molar-refractivity contribution in [1.82, 2.24) is 10.2 Å². The normalized spacial score (nSPS) is 37.7. The van der Waals surface area contributed by atoms with Gasteiger partial charge in [-0.25, -0.2) is 13.6 Å². The number of likely N-dealkylation sites (tertiary alicyclic amines) is 1. The van der Waals surface area contributed by atoms with Crippen molar-refractivity contribution in [3.63, 3.8) is 0 Å². The second kappa shape index (κ2) is 5.66. The average molecular weight is 376 g/mol. The fourth-order valence-electron chi connectivity index (χ4n) is 6.00. The number of nitrogens with one attached hydrogen (secondary N) is 1. The highest BCUT2D eigenvalue weighted by Gasteiger charge is 2.82. The van der Waals surface area contributed by atoms with Gasteiger partial charge in [0.2, 0.25) is 0 Å². The van der Waals surface area contributed by atoms with Gasteiger partial charge in [0.05, 0.1) is 17.4 Å². The number of carbonyl (C=O) groups excluding carboxylic acids is 1. The molecule has 1 aromatic carbocycles. The molecule has 3 aliphatic carbocycles. The van der Waals surface area contributed by atoms with Crippen LogP contribution in [0.2, 0.25) is 0 Å². The van der Waals surface area contributed by atoms with Gasteiger partial charge in [-0.3, -0.25) is 0 Å². The first-order valence-corrected chi connectivity index (χ1v) is 9.97. The fourth-order valence-corrected chi connectivity index (χ4v) is 6.00. The molecule has 1 saturated heterocycles. The van der Waals surface area contributed by atoms with E-state index in [-0.39, 0.29) is 30.1 Å². The van der Waals surface area contributed by atoms with Crippen LogP contribution in [-0.2, 0) is 10.2 Å². The van der Waals surface area contributed by atoms with Crippen LogP contribution >= 0.6 is 0 Å². The van der Waals surface area contributed by atoms with Crippen LogP contribution in [0.25, 0.3) is 0 Å². The number of piperidine rings is 1. The molecule has 146 valence electrons. The monoisotopic (exact) mass is 376 g/mol. The van der Waals surface area contributed by atoms with Gasteiger partial charge in [0, 0.05) is 31.7 Å². The highest BCUT2D eigenvalue weighted by molar-refractivity contribution is 5.75. The van der Waals surface area contributed by atoms with Crippen molar-refractivity contribution in [2.75, 3.05) is 20.2 Å². The lowest BCUT2D eigenvalue weighted by molar-refractivity contribution is -0.158. The van der Waals surface area contributed by atoms with E-state index in [9.17, 15) is 13.6 Å². The highest BCUT2D eigenvalue weighted by Crippen LogP contribution is 2.70. The Balaban J connectivity index is 1.26. The minimum Gasteiger partial charge on any atom is -0.381 e. The molecule has 4 atom stereocenters. The molecule has 4 aliphatic rings. The number of carbonyl (C=O) groups is 1. The van der Waals surface area contributed by atoms with E-state index >= 15 is 0 Å². The Morgan fingerprint density at radius 1 is 1.22 bits per heavy atom. The van der Waals surface area contributed by atoms with Crippen LogP contribution in [0.5, 0.6) is 0 Å². The van der Waals surface area contributed by atoms with Gasteiger partial charge in [-0.1, -0.05) is 36.8 Å². The number of fused-ring (bicyclic) bond motifs is 1. The first kappa shape index (κ1) is 17.4. The molecule has 1 spiro atoms. The first-order chi connectivity index (χ1) is 13.0. The lowest BCUT2D eigenvalue weighted by atomic mass is 9.51. The van der Waals surface area contributed by atoms with Gasteiger partial charge in [0.15, 0.2) is 0 Å². The largest absolute Gasteiger partial charge is 0.381 e. The zero-order valence-corrected chi connectivity index (χ0v) is 15.6. The standard InChI is InChI=1S/C21H26F2N2O2/c1-27-17-12-16(19(17)8-5-9-19)24-18(26)25-11-10-20(14-6-3-2-4-7-14)15(13-25)21(20,22)23/h2-4,6-7,15-17H,5,8-13H2,1H3,(H,24,26). The van der Waals surface area contributed by atoms with E-state index in [0.717, 1.165) is 19.3 Å². The number of rotatable bonds is 3. The van der Waals surface area contributed by atoms with Gasteiger partial charge in [0.25, 0.3) is 5.92 Å². The number of urea groups is 1. The summed E-state index contributed by atoms with van der Waals surface area (Å²) >= 11 is 0. The van der Waals surface area contributed by atoms with E-state index in [1.54, 1.807) is 24.1 Å². The maximum absolute atomic E-state index is 14.7. The van der Waals surface area contributed by atoms with Crippen molar-refractivity contribution in [2.24, 2.45) is 11.3 Å². The maximum Gasteiger partial charge on any atom is 0.317 e. The molecule has 0 aromatic heterocycles. The van der Waals surface area contributed by atoms with Gasteiger partial charge in [-0.2, -0.15) is 0 Å². The summed E-state index contributed by atoms with van der Waals surface area (Å²) in [4.78, 5) is 14.4. The molecule has 1 N–H and O–H groups in total. The van der Waals surface area contributed by atoms with E-state index in [0.29, 0.717) is 18.5 Å². The van der Waals surface area contributed by atoms with E-state index in [1.807, 2.05) is 18.2 Å². The minimum absolute atomic E-state index is 0.0809. The summed E-state index contributed by atoms with van der Waals surface area (Å²) in [5.74, 6) is -3.52. The second-order valence-electron chi connectivity index (χ2n) is 8.76. The Morgan fingerprint density at radius 3 is 2.56 bits per heavy atom. The summed E-state index contributed by atoms with van der Waals surface area (Å²) in [7, 11) is 1.73. The SMILES string of the molecule is COC1CC(NC(=O)N2CCC3(c4ccccc4)C(C2)C3(F)F)C12CCC2. The van der Waals surface area contributed by atoms with Gasteiger partial charge in [0.1, 0.15) is 0 Å². The molecule has 1 heterocycles. The molecule has 2 amide bonds. The number of benzene rings is 1. The molecule has 0 bridgehead atoms. The zero-order valence-electron chi connectivity index (χ0n) is 15.6.